The summed E-state index contributed by atoms with van der Waals surface area (Å²) in [5.41, 5.74) is 0.594. The summed E-state index contributed by atoms with van der Waals surface area (Å²) in [4.78, 5) is 14.7. The Kier molecular flexibility index (Phi) is 5.79. The monoisotopic (exact) mass is 432 g/mol. The van der Waals surface area contributed by atoms with Crippen LogP contribution in [0.2, 0.25) is 10.0 Å². The highest BCUT2D eigenvalue weighted by molar-refractivity contribution is 6.42. The molecule has 0 aliphatic carbocycles. The molecule has 150 valence electrons. The van der Waals surface area contributed by atoms with Crippen LogP contribution in [0.1, 0.15) is 18.9 Å². The van der Waals surface area contributed by atoms with E-state index in [0.29, 0.717) is 35.2 Å². The van der Waals surface area contributed by atoms with E-state index in [1.807, 2.05) is 11.8 Å². The summed E-state index contributed by atoms with van der Waals surface area (Å²) in [7, 11) is 0. The molecule has 1 aliphatic rings. The zero-order valence-corrected chi connectivity index (χ0v) is 16.3. The van der Waals surface area contributed by atoms with Gasteiger partial charge in [0.05, 0.1) is 15.6 Å². The Morgan fingerprint density at radius 1 is 1.18 bits per heavy atom. The second-order valence-corrected chi connectivity index (χ2v) is 7.53. The van der Waals surface area contributed by atoms with E-state index in [1.165, 1.54) is 12.1 Å². The molecule has 0 spiro atoms. The van der Waals surface area contributed by atoms with Crippen LogP contribution < -0.4 is 10.1 Å². The molecule has 0 radical (unpaired) electrons. The zero-order valence-electron chi connectivity index (χ0n) is 14.8. The normalized spacial score (nSPS) is 19.8. The standard InChI is InChI=1S/C19H17Cl2F3N2O2/c1-18(17(27)25-13-4-7-15(20)16(21)10-13)8-9-26(18)11-12-2-5-14(6-3-12)28-19(22,23)24/h2-7,10H,8-9,11H2,1H3,(H,25,27). The van der Waals surface area contributed by atoms with E-state index in [2.05, 4.69) is 10.1 Å². The van der Waals surface area contributed by atoms with Gasteiger partial charge < -0.3 is 10.1 Å². The Balaban J connectivity index is 1.63. The van der Waals surface area contributed by atoms with Crippen molar-refractivity contribution in [3.63, 3.8) is 0 Å². The number of rotatable bonds is 5. The average Bonchev–Trinajstić information content (AvgIpc) is 2.61. The summed E-state index contributed by atoms with van der Waals surface area (Å²) in [5.74, 6) is -0.464. The molecule has 0 saturated carbocycles. The van der Waals surface area contributed by atoms with Crippen LogP contribution in [0.3, 0.4) is 0 Å². The molecule has 0 bridgehead atoms. The summed E-state index contributed by atoms with van der Waals surface area (Å²) >= 11 is 11.9. The maximum absolute atomic E-state index is 12.8. The van der Waals surface area contributed by atoms with Crippen molar-refractivity contribution < 1.29 is 22.7 Å². The highest BCUT2D eigenvalue weighted by Gasteiger charge is 2.46. The van der Waals surface area contributed by atoms with Crippen molar-refractivity contribution in [2.45, 2.75) is 31.8 Å². The minimum absolute atomic E-state index is 0.186. The number of anilines is 1. The second-order valence-electron chi connectivity index (χ2n) is 6.72. The maximum Gasteiger partial charge on any atom is 0.573 e. The van der Waals surface area contributed by atoms with Crippen LogP contribution in [0.5, 0.6) is 5.75 Å². The minimum atomic E-state index is -4.72. The summed E-state index contributed by atoms with van der Waals surface area (Å²) in [6, 6.07) is 10.5. The number of benzene rings is 2. The van der Waals surface area contributed by atoms with Gasteiger partial charge in [-0.1, -0.05) is 35.3 Å². The van der Waals surface area contributed by atoms with Gasteiger partial charge in [-0.2, -0.15) is 0 Å². The lowest BCUT2D eigenvalue weighted by atomic mass is 9.85. The van der Waals surface area contributed by atoms with Gasteiger partial charge in [0.1, 0.15) is 5.75 Å². The summed E-state index contributed by atoms with van der Waals surface area (Å²) in [6.07, 6.45) is -4.06. The summed E-state index contributed by atoms with van der Waals surface area (Å²) in [6.45, 7) is 2.95. The number of ether oxygens (including phenoxy) is 1. The van der Waals surface area contributed by atoms with Crippen LogP contribution in [0, 0.1) is 0 Å². The number of halogens is 5. The molecular formula is C19H17Cl2F3N2O2. The van der Waals surface area contributed by atoms with E-state index in [1.54, 1.807) is 30.3 Å². The van der Waals surface area contributed by atoms with Crippen molar-refractivity contribution in [3.05, 3.63) is 58.1 Å². The van der Waals surface area contributed by atoms with Crippen molar-refractivity contribution in [1.82, 2.24) is 4.90 Å². The molecular weight excluding hydrogens is 416 g/mol. The molecule has 1 unspecified atom stereocenters. The molecule has 1 aliphatic heterocycles. The van der Waals surface area contributed by atoms with Gasteiger partial charge in [0.15, 0.2) is 0 Å². The highest BCUT2D eigenvalue weighted by atomic mass is 35.5. The first-order valence-electron chi connectivity index (χ1n) is 8.43. The largest absolute Gasteiger partial charge is 0.573 e. The number of alkyl halides is 3. The lowest BCUT2D eigenvalue weighted by Gasteiger charge is -2.49. The second kappa shape index (κ2) is 7.81. The number of hydrogen-bond acceptors (Lipinski definition) is 3. The molecule has 1 N–H and O–H groups in total. The fourth-order valence-electron chi connectivity index (χ4n) is 2.97. The Hall–Kier alpha value is -1.96. The summed E-state index contributed by atoms with van der Waals surface area (Å²) < 4.78 is 40.6. The van der Waals surface area contributed by atoms with E-state index in [4.69, 9.17) is 23.2 Å². The van der Waals surface area contributed by atoms with Gasteiger partial charge >= 0.3 is 6.36 Å². The molecule has 9 heteroatoms. The number of carbonyl (C=O) groups is 1. The zero-order chi connectivity index (χ0) is 20.5. The maximum atomic E-state index is 12.8. The topological polar surface area (TPSA) is 41.6 Å². The Bertz CT molecular complexity index is 874. The molecule has 2 aromatic rings. The molecule has 1 atom stereocenters. The molecule has 1 heterocycles. The Morgan fingerprint density at radius 2 is 1.86 bits per heavy atom. The van der Waals surface area contributed by atoms with E-state index >= 15 is 0 Å². The number of carbonyl (C=O) groups excluding carboxylic acids is 1. The lowest BCUT2D eigenvalue weighted by molar-refractivity contribution is -0.274. The molecule has 2 aromatic carbocycles. The molecule has 1 saturated heterocycles. The van der Waals surface area contributed by atoms with Gasteiger partial charge in [-0.15, -0.1) is 13.2 Å². The average molecular weight is 433 g/mol. The quantitative estimate of drug-likeness (QED) is 0.678. The first kappa shape index (κ1) is 20.8. The van der Waals surface area contributed by atoms with Crippen LogP contribution >= 0.6 is 23.2 Å². The van der Waals surface area contributed by atoms with Crippen molar-refractivity contribution in [3.8, 4) is 5.75 Å². The van der Waals surface area contributed by atoms with Crippen LogP contribution in [0.15, 0.2) is 42.5 Å². The third-order valence-corrected chi connectivity index (χ3v) is 5.50. The molecule has 28 heavy (non-hydrogen) atoms. The number of likely N-dealkylation sites (tertiary alicyclic amines) is 1. The van der Waals surface area contributed by atoms with Crippen LogP contribution in [-0.4, -0.2) is 29.3 Å². The molecule has 1 fully saturated rings. The van der Waals surface area contributed by atoms with Crippen molar-refractivity contribution >= 4 is 34.8 Å². The van der Waals surface area contributed by atoms with Crippen molar-refractivity contribution in [1.29, 1.82) is 0 Å². The molecule has 4 nitrogen and oxygen atoms in total. The van der Waals surface area contributed by atoms with Gasteiger partial charge in [-0.05, 0) is 49.2 Å². The van der Waals surface area contributed by atoms with Crippen LogP contribution in [0.25, 0.3) is 0 Å². The predicted octanol–water partition coefficient (Wildman–Crippen LogP) is 5.50. The number of hydrogen-bond donors (Lipinski definition) is 1. The number of amides is 1. The van der Waals surface area contributed by atoms with E-state index < -0.39 is 11.9 Å². The van der Waals surface area contributed by atoms with Crippen molar-refractivity contribution in [2.24, 2.45) is 0 Å². The molecule has 3 rings (SSSR count). The fraction of sp³-hybridized carbons (Fsp3) is 0.316. The predicted molar refractivity (Wildman–Crippen MR) is 102 cm³/mol. The van der Waals surface area contributed by atoms with Gasteiger partial charge in [-0.25, -0.2) is 0 Å². The summed E-state index contributed by atoms with van der Waals surface area (Å²) in [5, 5.41) is 3.58. The fourth-order valence-corrected chi connectivity index (χ4v) is 3.27. The van der Waals surface area contributed by atoms with E-state index in [0.717, 1.165) is 5.56 Å². The third kappa shape index (κ3) is 4.71. The van der Waals surface area contributed by atoms with Crippen LogP contribution in [-0.2, 0) is 11.3 Å². The third-order valence-electron chi connectivity index (χ3n) is 4.76. The van der Waals surface area contributed by atoms with Gasteiger partial charge in [0, 0.05) is 18.8 Å². The first-order chi connectivity index (χ1) is 13.1. The number of nitrogens with one attached hydrogen (secondary N) is 1. The Labute approximate surface area is 170 Å². The number of nitrogens with zero attached hydrogens (tertiary/aromatic N) is 1. The molecule has 0 aromatic heterocycles. The Morgan fingerprint density at radius 3 is 2.39 bits per heavy atom. The first-order valence-corrected chi connectivity index (χ1v) is 9.19. The SMILES string of the molecule is CC1(C(=O)Nc2ccc(Cl)c(Cl)c2)CCN1Cc1ccc(OC(F)(F)F)cc1. The van der Waals surface area contributed by atoms with Crippen LogP contribution in [0.4, 0.5) is 18.9 Å². The van der Waals surface area contributed by atoms with E-state index in [9.17, 15) is 18.0 Å². The lowest BCUT2D eigenvalue weighted by Crippen LogP contribution is -2.63. The van der Waals surface area contributed by atoms with Crippen molar-refractivity contribution in [2.75, 3.05) is 11.9 Å². The van der Waals surface area contributed by atoms with E-state index in [-0.39, 0.29) is 11.7 Å². The van der Waals surface area contributed by atoms with Gasteiger partial charge in [-0.3, -0.25) is 9.69 Å². The van der Waals surface area contributed by atoms with Gasteiger partial charge in [0.25, 0.3) is 0 Å². The molecule has 1 amide bonds. The smallest absolute Gasteiger partial charge is 0.406 e. The highest BCUT2D eigenvalue weighted by Crippen LogP contribution is 2.34. The minimum Gasteiger partial charge on any atom is -0.406 e. The van der Waals surface area contributed by atoms with Gasteiger partial charge in [0.2, 0.25) is 5.91 Å².